The standard InChI is InChI=1S/C15H31N3O2/c1-4-17(5-2)9-7-6-8-14-20-15(19)18-12-10-16(3)11-13-18/h4-14H2,1-3H3. The molecule has 1 aliphatic rings. The molecule has 1 amide bonds. The maximum absolute atomic E-state index is 11.8. The Morgan fingerprint density at radius 1 is 1.05 bits per heavy atom. The van der Waals surface area contributed by atoms with E-state index in [4.69, 9.17) is 4.74 Å². The molecule has 0 aromatic carbocycles. The molecule has 5 nitrogen and oxygen atoms in total. The van der Waals surface area contributed by atoms with Crippen LogP contribution in [0.1, 0.15) is 33.1 Å². The van der Waals surface area contributed by atoms with Crippen molar-refractivity contribution in [3.05, 3.63) is 0 Å². The van der Waals surface area contributed by atoms with Gasteiger partial charge in [-0.25, -0.2) is 4.79 Å². The fraction of sp³-hybridized carbons (Fsp3) is 0.933. The van der Waals surface area contributed by atoms with Crippen LogP contribution in [-0.2, 0) is 4.74 Å². The molecule has 0 N–H and O–H groups in total. The fourth-order valence-corrected chi connectivity index (χ4v) is 2.39. The number of rotatable bonds is 8. The largest absolute Gasteiger partial charge is 0.449 e. The van der Waals surface area contributed by atoms with Crippen molar-refractivity contribution in [2.75, 3.05) is 59.5 Å². The Balaban J connectivity index is 1.99. The monoisotopic (exact) mass is 285 g/mol. The zero-order valence-corrected chi connectivity index (χ0v) is 13.4. The van der Waals surface area contributed by atoms with Crippen LogP contribution in [-0.4, -0.2) is 80.3 Å². The molecule has 0 bridgehead atoms. The van der Waals surface area contributed by atoms with Crippen molar-refractivity contribution < 1.29 is 9.53 Å². The van der Waals surface area contributed by atoms with Gasteiger partial charge in [-0.15, -0.1) is 0 Å². The van der Waals surface area contributed by atoms with E-state index in [1.54, 1.807) is 0 Å². The summed E-state index contributed by atoms with van der Waals surface area (Å²) in [6, 6.07) is 0. The average Bonchev–Trinajstić information content (AvgIpc) is 2.47. The molecule has 0 radical (unpaired) electrons. The first-order chi connectivity index (χ1) is 9.67. The average molecular weight is 285 g/mol. The van der Waals surface area contributed by atoms with Crippen LogP contribution < -0.4 is 0 Å². The highest BCUT2D eigenvalue weighted by Gasteiger charge is 2.19. The van der Waals surface area contributed by atoms with Crippen LogP contribution in [0.3, 0.4) is 0 Å². The second-order valence-corrected chi connectivity index (χ2v) is 5.49. The third-order valence-electron chi connectivity index (χ3n) is 4.00. The van der Waals surface area contributed by atoms with Gasteiger partial charge < -0.3 is 19.4 Å². The predicted octanol–water partition coefficient (Wildman–Crippen LogP) is 1.88. The van der Waals surface area contributed by atoms with E-state index >= 15 is 0 Å². The van der Waals surface area contributed by atoms with E-state index in [1.165, 1.54) is 6.42 Å². The molecule has 1 aliphatic heterocycles. The van der Waals surface area contributed by atoms with Crippen LogP contribution in [0.25, 0.3) is 0 Å². The van der Waals surface area contributed by atoms with Crippen molar-refractivity contribution in [2.24, 2.45) is 0 Å². The summed E-state index contributed by atoms with van der Waals surface area (Å²) in [5.41, 5.74) is 0. The molecular formula is C15H31N3O2. The number of piperazine rings is 1. The zero-order valence-electron chi connectivity index (χ0n) is 13.4. The van der Waals surface area contributed by atoms with Crippen LogP contribution >= 0.6 is 0 Å². The molecule has 118 valence electrons. The van der Waals surface area contributed by atoms with Crippen LogP contribution in [0.2, 0.25) is 0 Å². The summed E-state index contributed by atoms with van der Waals surface area (Å²) in [5, 5.41) is 0. The third kappa shape index (κ3) is 6.57. The first-order valence-electron chi connectivity index (χ1n) is 8.00. The van der Waals surface area contributed by atoms with E-state index in [0.717, 1.165) is 58.7 Å². The quantitative estimate of drug-likeness (QED) is 0.638. The number of unbranched alkanes of at least 4 members (excludes halogenated alkanes) is 2. The van der Waals surface area contributed by atoms with Gasteiger partial charge in [0.25, 0.3) is 0 Å². The first kappa shape index (κ1) is 17.2. The Morgan fingerprint density at radius 3 is 2.30 bits per heavy atom. The number of ether oxygens (including phenoxy) is 1. The second kappa shape index (κ2) is 10.00. The van der Waals surface area contributed by atoms with Crippen molar-refractivity contribution in [3.63, 3.8) is 0 Å². The molecule has 1 heterocycles. The molecular weight excluding hydrogens is 254 g/mol. The van der Waals surface area contributed by atoms with Gasteiger partial charge in [0.2, 0.25) is 0 Å². The first-order valence-corrected chi connectivity index (χ1v) is 8.00. The summed E-state index contributed by atoms with van der Waals surface area (Å²) in [5.74, 6) is 0. The lowest BCUT2D eigenvalue weighted by molar-refractivity contribution is 0.0804. The molecule has 1 rings (SSSR count). The van der Waals surface area contributed by atoms with Crippen molar-refractivity contribution >= 4 is 6.09 Å². The molecule has 0 saturated carbocycles. The van der Waals surface area contributed by atoms with Crippen LogP contribution in [0.4, 0.5) is 4.79 Å². The van der Waals surface area contributed by atoms with E-state index < -0.39 is 0 Å². The smallest absolute Gasteiger partial charge is 0.409 e. The van der Waals surface area contributed by atoms with Crippen molar-refractivity contribution in [3.8, 4) is 0 Å². The number of carbonyl (C=O) groups is 1. The van der Waals surface area contributed by atoms with Gasteiger partial charge in [-0.2, -0.15) is 0 Å². The van der Waals surface area contributed by atoms with Gasteiger partial charge in [0, 0.05) is 26.2 Å². The van der Waals surface area contributed by atoms with Crippen LogP contribution in [0.5, 0.6) is 0 Å². The number of likely N-dealkylation sites (N-methyl/N-ethyl adjacent to an activating group) is 1. The number of nitrogens with zero attached hydrogens (tertiary/aromatic N) is 3. The lowest BCUT2D eigenvalue weighted by Gasteiger charge is -2.31. The minimum Gasteiger partial charge on any atom is -0.449 e. The molecule has 0 aromatic heterocycles. The highest BCUT2D eigenvalue weighted by atomic mass is 16.6. The summed E-state index contributed by atoms with van der Waals surface area (Å²) in [7, 11) is 2.08. The summed E-state index contributed by atoms with van der Waals surface area (Å²) in [4.78, 5) is 18.3. The molecule has 0 unspecified atom stereocenters. The van der Waals surface area contributed by atoms with Gasteiger partial charge >= 0.3 is 6.09 Å². The van der Waals surface area contributed by atoms with Gasteiger partial charge in [0.15, 0.2) is 0 Å². The summed E-state index contributed by atoms with van der Waals surface area (Å²) in [6.07, 6.45) is 3.16. The second-order valence-electron chi connectivity index (χ2n) is 5.49. The van der Waals surface area contributed by atoms with E-state index in [2.05, 4.69) is 30.7 Å². The molecule has 20 heavy (non-hydrogen) atoms. The SMILES string of the molecule is CCN(CC)CCCCCOC(=O)N1CCN(C)CC1. The highest BCUT2D eigenvalue weighted by molar-refractivity contribution is 5.67. The number of hydrogen-bond acceptors (Lipinski definition) is 4. The van der Waals surface area contributed by atoms with Crippen molar-refractivity contribution in [2.45, 2.75) is 33.1 Å². The van der Waals surface area contributed by atoms with E-state index in [1.807, 2.05) is 4.90 Å². The summed E-state index contributed by atoms with van der Waals surface area (Å²) < 4.78 is 5.33. The van der Waals surface area contributed by atoms with E-state index in [-0.39, 0.29) is 6.09 Å². The lowest BCUT2D eigenvalue weighted by Crippen LogP contribution is -2.47. The molecule has 0 aromatic rings. The minimum atomic E-state index is -0.137. The predicted molar refractivity (Wildman–Crippen MR) is 82.1 cm³/mol. The Morgan fingerprint density at radius 2 is 1.70 bits per heavy atom. The number of carbonyl (C=O) groups excluding carboxylic acids is 1. The Labute approximate surface area is 123 Å². The summed E-state index contributed by atoms with van der Waals surface area (Å²) >= 11 is 0. The van der Waals surface area contributed by atoms with Gasteiger partial charge in [0.1, 0.15) is 0 Å². The molecule has 0 aliphatic carbocycles. The number of hydrogen-bond donors (Lipinski definition) is 0. The minimum absolute atomic E-state index is 0.137. The Bertz CT molecular complexity index is 262. The zero-order chi connectivity index (χ0) is 14.8. The normalized spacial score (nSPS) is 16.7. The Hall–Kier alpha value is -0.810. The van der Waals surface area contributed by atoms with E-state index in [9.17, 15) is 4.79 Å². The summed E-state index contributed by atoms with van der Waals surface area (Å²) in [6.45, 7) is 11.8. The molecule has 1 fully saturated rings. The molecule has 1 saturated heterocycles. The highest BCUT2D eigenvalue weighted by Crippen LogP contribution is 2.04. The fourth-order valence-electron chi connectivity index (χ4n) is 2.39. The number of amides is 1. The maximum Gasteiger partial charge on any atom is 0.409 e. The topological polar surface area (TPSA) is 36.0 Å². The van der Waals surface area contributed by atoms with Crippen LogP contribution in [0, 0.1) is 0 Å². The lowest BCUT2D eigenvalue weighted by atomic mass is 10.2. The van der Waals surface area contributed by atoms with Crippen molar-refractivity contribution in [1.29, 1.82) is 0 Å². The molecule has 0 spiro atoms. The van der Waals surface area contributed by atoms with Gasteiger partial charge in [0.05, 0.1) is 6.61 Å². The van der Waals surface area contributed by atoms with Gasteiger partial charge in [-0.3, -0.25) is 0 Å². The Kier molecular flexibility index (Phi) is 8.62. The van der Waals surface area contributed by atoms with Gasteiger partial charge in [-0.05, 0) is 45.9 Å². The maximum atomic E-state index is 11.8. The van der Waals surface area contributed by atoms with Gasteiger partial charge in [-0.1, -0.05) is 13.8 Å². The van der Waals surface area contributed by atoms with Crippen LogP contribution in [0.15, 0.2) is 0 Å². The molecule has 0 atom stereocenters. The molecule has 5 heteroatoms. The van der Waals surface area contributed by atoms with E-state index in [0.29, 0.717) is 6.61 Å². The third-order valence-corrected chi connectivity index (χ3v) is 4.00. The van der Waals surface area contributed by atoms with Crippen molar-refractivity contribution in [1.82, 2.24) is 14.7 Å².